The fraction of sp³-hybridized carbons (Fsp3) is 0.619. The molecule has 2 amide bonds. The van der Waals surface area contributed by atoms with Gasteiger partial charge in [-0.2, -0.15) is 0 Å². The van der Waals surface area contributed by atoms with E-state index < -0.39 is 5.41 Å². The minimum Gasteiger partial charge on any atom is -0.352 e. The third kappa shape index (κ3) is 4.05. The van der Waals surface area contributed by atoms with Gasteiger partial charge in [0.1, 0.15) is 5.41 Å². The molecule has 4 heteroatoms. The maximum absolute atomic E-state index is 12.9. The zero-order valence-corrected chi connectivity index (χ0v) is 15.4. The van der Waals surface area contributed by atoms with E-state index in [-0.39, 0.29) is 17.9 Å². The lowest BCUT2D eigenvalue weighted by Crippen LogP contribution is -2.44. The molecule has 0 saturated heterocycles. The lowest BCUT2D eigenvalue weighted by Gasteiger charge is -2.22. The highest BCUT2D eigenvalue weighted by Crippen LogP contribution is 2.47. The van der Waals surface area contributed by atoms with Gasteiger partial charge in [0.25, 0.3) is 0 Å². The molecular weight excluding hydrogens is 312 g/mol. The Morgan fingerprint density at radius 2 is 1.64 bits per heavy atom. The van der Waals surface area contributed by atoms with E-state index in [2.05, 4.69) is 24.5 Å². The van der Waals surface area contributed by atoms with Crippen molar-refractivity contribution >= 4 is 17.5 Å². The second kappa shape index (κ2) is 7.59. The topological polar surface area (TPSA) is 58.2 Å². The Labute approximate surface area is 150 Å². The molecule has 0 aliphatic heterocycles. The first-order chi connectivity index (χ1) is 12.0. The van der Waals surface area contributed by atoms with E-state index >= 15 is 0 Å². The summed E-state index contributed by atoms with van der Waals surface area (Å²) >= 11 is 0. The highest BCUT2D eigenvalue weighted by molar-refractivity contribution is 6.13. The number of nitrogens with one attached hydrogen (secondary N) is 2. The Morgan fingerprint density at radius 1 is 1.00 bits per heavy atom. The van der Waals surface area contributed by atoms with E-state index in [9.17, 15) is 9.59 Å². The van der Waals surface area contributed by atoms with Crippen molar-refractivity contribution in [3.05, 3.63) is 29.8 Å². The lowest BCUT2D eigenvalue weighted by atomic mass is 9.99. The molecule has 2 fully saturated rings. The summed E-state index contributed by atoms with van der Waals surface area (Å²) in [5, 5.41) is 6.19. The maximum atomic E-state index is 12.9. The minimum absolute atomic E-state index is 0.0704. The van der Waals surface area contributed by atoms with Crippen LogP contribution in [0.5, 0.6) is 0 Å². The van der Waals surface area contributed by atoms with Crippen molar-refractivity contribution in [2.45, 2.75) is 77.2 Å². The molecule has 2 N–H and O–H groups in total. The molecule has 0 radical (unpaired) electrons. The summed E-state index contributed by atoms with van der Waals surface area (Å²) < 4.78 is 0. The molecule has 0 atom stereocenters. The van der Waals surface area contributed by atoms with Crippen LogP contribution in [0.15, 0.2) is 24.3 Å². The van der Waals surface area contributed by atoms with E-state index in [1.165, 1.54) is 25.7 Å². The molecular formula is C21H30N2O2. The molecule has 2 saturated carbocycles. The zero-order valence-electron chi connectivity index (χ0n) is 15.4. The van der Waals surface area contributed by atoms with Gasteiger partial charge in [-0.1, -0.05) is 57.7 Å². The Hall–Kier alpha value is -1.84. The van der Waals surface area contributed by atoms with Crippen LogP contribution in [0.1, 0.15) is 76.7 Å². The summed E-state index contributed by atoms with van der Waals surface area (Å²) in [6, 6.07) is 8.10. The van der Waals surface area contributed by atoms with Crippen molar-refractivity contribution < 1.29 is 9.59 Å². The van der Waals surface area contributed by atoms with Gasteiger partial charge < -0.3 is 10.6 Å². The maximum Gasteiger partial charge on any atom is 0.240 e. The van der Waals surface area contributed by atoms with Crippen LogP contribution in [0, 0.1) is 5.41 Å². The van der Waals surface area contributed by atoms with Crippen molar-refractivity contribution in [2.24, 2.45) is 5.41 Å². The molecule has 1 aromatic carbocycles. The molecule has 0 unspecified atom stereocenters. The molecule has 2 aliphatic rings. The highest BCUT2D eigenvalue weighted by Gasteiger charge is 2.56. The molecule has 2 aliphatic carbocycles. The van der Waals surface area contributed by atoms with Crippen molar-refractivity contribution in [1.82, 2.24) is 5.32 Å². The number of amides is 2. The quantitative estimate of drug-likeness (QED) is 0.617. The largest absolute Gasteiger partial charge is 0.352 e. The lowest BCUT2D eigenvalue weighted by molar-refractivity contribution is -0.134. The van der Waals surface area contributed by atoms with Gasteiger partial charge in [-0.25, -0.2) is 0 Å². The smallest absolute Gasteiger partial charge is 0.240 e. The van der Waals surface area contributed by atoms with Gasteiger partial charge in [-0.3, -0.25) is 9.59 Å². The van der Waals surface area contributed by atoms with E-state index in [1.54, 1.807) is 0 Å². The standard InChI is InChI=1S/C21H30N2O2/c1-15(2)17-11-7-8-12-18(17)23-20(25)21(13-14-21)19(24)22-16-9-5-3-4-6-10-16/h7-8,11-12,15-16H,3-6,9-10,13-14H2,1-2H3,(H,22,24)(H,23,25). The third-order valence-corrected chi connectivity index (χ3v) is 5.64. The first-order valence-corrected chi connectivity index (χ1v) is 9.74. The van der Waals surface area contributed by atoms with Crippen LogP contribution in [0.2, 0.25) is 0 Å². The van der Waals surface area contributed by atoms with Crippen molar-refractivity contribution in [3.63, 3.8) is 0 Å². The van der Waals surface area contributed by atoms with Crippen LogP contribution in [0.4, 0.5) is 5.69 Å². The number of anilines is 1. The van der Waals surface area contributed by atoms with Crippen LogP contribution in [0.25, 0.3) is 0 Å². The number of carbonyl (C=O) groups is 2. The summed E-state index contributed by atoms with van der Waals surface area (Å²) in [5.41, 5.74) is 1.09. The Morgan fingerprint density at radius 3 is 2.24 bits per heavy atom. The molecule has 1 aromatic rings. The zero-order chi connectivity index (χ0) is 17.9. The normalized spacial score (nSPS) is 20.0. The number of hydrogen-bond acceptors (Lipinski definition) is 2. The third-order valence-electron chi connectivity index (χ3n) is 5.64. The molecule has 25 heavy (non-hydrogen) atoms. The summed E-state index contributed by atoms with van der Waals surface area (Å²) in [6.45, 7) is 4.22. The fourth-order valence-corrected chi connectivity index (χ4v) is 3.79. The fourth-order valence-electron chi connectivity index (χ4n) is 3.79. The van der Waals surface area contributed by atoms with Crippen LogP contribution < -0.4 is 10.6 Å². The molecule has 0 aromatic heterocycles. The minimum atomic E-state index is -0.851. The Kier molecular flexibility index (Phi) is 5.45. The van der Waals surface area contributed by atoms with Crippen LogP contribution in [-0.2, 0) is 9.59 Å². The predicted octanol–water partition coefficient (Wildman–Crippen LogP) is 4.37. The first kappa shape index (κ1) is 18.0. The van der Waals surface area contributed by atoms with Gasteiger partial charge in [0.05, 0.1) is 0 Å². The average Bonchev–Trinajstić information content (AvgIpc) is 3.41. The van der Waals surface area contributed by atoms with E-state index in [4.69, 9.17) is 0 Å². The number of para-hydroxylation sites is 1. The van der Waals surface area contributed by atoms with Crippen molar-refractivity contribution in [1.29, 1.82) is 0 Å². The molecule has 0 heterocycles. The van der Waals surface area contributed by atoms with Crippen LogP contribution in [-0.4, -0.2) is 17.9 Å². The van der Waals surface area contributed by atoms with Crippen molar-refractivity contribution in [3.8, 4) is 0 Å². The Bertz CT molecular complexity index is 627. The predicted molar refractivity (Wildman–Crippen MR) is 100 cm³/mol. The summed E-state index contributed by atoms with van der Waals surface area (Å²) in [6.07, 6.45) is 8.24. The number of rotatable bonds is 5. The Balaban J connectivity index is 1.66. The SMILES string of the molecule is CC(C)c1ccccc1NC(=O)C1(C(=O)NC2CCCCCC2)CC1. The molecule has 136 valence electrons. The average molecular weight is 342 g/mol. The van der Waals surface area contributed by atoms with Crippen LogP contribution >= 0.6 is 0 Å². The number of carbonyl (C=O) groups excluding carboxylic acids is 2. The highest BCUT2D eigenvalue weighted by atomic mass is 16.2. The molecule has 3 rings (SSSR count). The van der Waals surface area contributed by atoms with Gasteiger partial charge >= 0.3 is 0 Å². The van der Waals surface area contributed by atoms with Gasteiger partial charge in [-0.15, -0.1) is 0 Å². The van der Waals surface area contributed by atoms with Gasteiger partial charge in [-0.05, 0) is 43.2 Å². The van der Waals surface area contributed by atoms with Crippen molar-refractivity contribution in [2.75, 3.05) is 5.32 Å². The number of benzene rings is 1. The summed E-state index contributed by atoms with van der Waals surface area (Å²) in [4.78, 5) is 25.6. The van der Waals surface area contributed by atoms with Gasteiger partial charge in [0, 0.05) is 11.7 Å². The summed E-state index contributed by atoms with van der Waals surface area (Å²) in [7, 11) is 0. The van der Waals surface area contributed by atoms with E-state index in [0.29, 0.717) is 18.8 Å². The molecule has 0 bridgehead atoms. The van der Waals surface area contributed by atoms with E-state index in [0.717, 1.165) is 24.1 Å². The molecule has 0 spiro atoms. The summed E-state index contributed by atoms with van der Waals surface area (Å²) in [5.74, 6) is 0.108. The second-order valence-electron chi connectivity index (χ2n) is 7.94. The van der Waals surface area contributed by atoms with Gasteiger partial charge in [0.15, 0.2) is 0 Å². The van der Waals surface area contributed by atoms with E-state index in [1.807, 2.05) is 24.3 Å². The monoisotopic (exact) mass is 342 g/mol. The molecule has 4 nitrogen and oxygen atoms in total. The first-order valence-electron chi connectivity index (χ1n) is 9.74. The van der Waals surface area contributed by atoms with Crippen LogP contribution in [0.3, 0.4) is 0 Å². The van der Waals surface area contributed by atoms with Gasteiger partial charge in [0.2, 0.25) is 11.8 Å². The second-order valence-corrected chi connectivity index (χ2v) is 7.94. The number of hydrogen-bond donors (Lipinski definition) is 2.